The van der Waals surface area contributed by atoms with Crippen molar-refractivity contribution < 1.29 is 9.53 Å². The summed E-state index contributed by atoms with van der Waals surface area (Å²) in [6.45, 7) is 4.58. The first-order valence-electron chi connectivity index (χ1n) is 9.02. The van der Waals surface area contributed by atoms with Crippen LogP contribution in [0.25, 0.3) is 0 Å². The molecule has 4 aliphatic rings. The second-order valence-electron chi connectivity index (χ2n) is 8.25. The number of methoxy groups -OCH3 is 1. The van der Waals surface area contributed by atoms with Gasteiger partial charge in [-0.3, -0.25) is 4.79 Å². The number of ether oxygens (including phenoxy) is 1. The van der Waals surface area contributed by atoms with Crippen LogP contribution in [0.15, 0.2) is 23.0 Å². The van der Waals surface area contributed by atoms with E-state index in [0.29, 0.717) is 11.7 Å². The molecule has 0 aromatic carbocycles. The fourth-order valence-corrected chi connectivity index (χ4v) is 6.20. The van der Waals surface area contributed by atoms with Crippen LogP contribution in [0.2, 0.25) is 0 Å². The molecule has 2 saturated carbocycles. The van der Waals surface area contributed by atoms with Gasteiger partial charge in [0.15, 0.2) is 0 Å². The number of allylic oxidation sites excluding steroid dienone is 4. The summed E-state index contributed by atoms with van der Waals surface area (Å²) >= 11 is 0. The first-order valence-corrected chi connectivity index (χ1v) is 9.02. The maximum Gasteiger partial charge on any atom is 0.139 e. The topological polar surface area (TPSA) is 26.3 Å². The lowest BCUT2D eigenvalue weighted by molar-refractivity contribution is -0.130. The number of ketones is 1. The van der Waals surface area contributed by atoms with Crippen LogP contribution in [0.5, 0.6) is 0 Å². The van der Waals surface area contributed by atoms with Crippen molar-refractivity contribution in [1.82, 2.24) is 0 Å². The number of fused-ring (bicyclic) bond motifs is 5. The van der Waals surface area contributed by atoms with Crippen molar-refractivity contribution in [3.05, 3.63) is 23.0 Å². The first kappa shape index (κ1) is 14.5. The van der Waals surface area contributed by atoms with Gasteiger partial charge < -0.3 is 4.74 Å². The van der Waals surface area contributed by atoms with Gasteiger partial charge >= 0.3 is 0 Å². The van der Waals surface area contributed by atoms with E-state index < -0.39 is 0 Å². The highest BCUT2D eigenvalue weighted by molar-refractivity contribution is 5.87. The van der Waals surface area contributed by atoms with Crippen LogP contribution in [-0.4, -0.2) is 12.9 Å². The van der Waals surface area contributed by atoms with E-state index in [1.165, 1.54) is 19.3 Å². The van der Waals surface area contributed by atoms with E-state index in [1.807, 2.05) is 0 Å². The van der Waals surface area contributed by atoms with Crippen LogP contribution in [0.3, 0.4) is 0 Å². The fraction of sp³-hybridized carbons (Fsp3) is 0.750. The van der Waals surface area contributed by atoms with Gasteiger partial charge in [0.2, 0.25) is 0 Å². The highest BCUT2D eigenvalue weighted by Gasteiger charge is 2.56. The molecule has 0 saturated heterocycles. The zero-order valence-corrected chi connectivity index (χ0v) is 14.2. The smallest absolute Gasteiger partial charge is 0.139 e. The van der Waals surface area contributed by atoms with E-state index in [0.717, 1.165) is 49.2 Å². The molecule has 0 bridgehead atoms. The Balaban J connectivity index is 1.70. The monoisotopic (exact) mass is 300 g/mol. The van der Waals surface area contributed by atoms with Crippen LogP contribution in [0, 0.1) is 29.1 Å². The molecule has 0 heterocycles. The molecule has 0 radical (unpaired) electrons. The molecule has 0 N–H and O–H groups in total. The molecule has 2 heteroatoms. The maximum atomic E-state index is 12.4. The van der Waals surface area contributed by atoms with Gasteiger partial charge in [-0.1, -0.05) is 12.5 Å². The van der Waals surface area contributed by atoms with E-state index in [-0.39, 0.29) is 5.41 Å². The minimum absolute atomic E-state index is 0.00114. The lowest BCUT2D eigenvalue weighted by Crippen LogP contribution is -2.46. The van der Waals surface area contributed by atoms with Gasteiger partial charge in [-0.2, -0.15) is 0 Å². The summed E-state index contributed by atoms with van der Waals surface area (Å²) in [6.07, 6.45) is 10.2. The van der Waals surface area contributed by atoms with Gasteiger partial charge in [-0.25, -0.2) is 0 Å². The summed E-state index contributed by atoms with van der Waals surface area (Å²) in [6, 6.07) is 0. The predicted molar refractivity (Wildman–Crippen MR) is 87.2 cm³/mol. The van der Waals surface area contributed by atoms with Crippen LogP contribution in [0.4, 0.5) is 0 Å². The molecule has 0 aromatic heterocycles. The second kappa shape index (κ2) is 4.97. The highest BCUT2D eigenvalue weighted by Crippen LogP contribution is 2.60. The standard InChI is InChI=1S/C20H28O2/c1-12-10-17-15(14-5-4-13(22-3)11-16(12)14)8-9-20(2)18(17)6-7-19(20)21/h11,14-15,17-18H,4-10H2,1-3H3/t14-,15-,17-,18+,20+/m1/s1. The van der Waals surface area contributed by atoms with Gasteiger partial charge in [0.1, 0.15) is 5.78 Å². The molecule has 2 fully saturated rings. The Morgan fingerprint density at radius 3 is 2.77 bits per heavy atom. The normalized spacial score (nSPS) is 44.1. The molecule has 2 nitrogen and oxygen atoms in total. The Kier molecular flexibility index (Phi) is 3.29. The number of hydrogen-bond acceptors (Lipinski definition) is 2. The molecular formula is C20H28O2. The SMILES string of the molecule is COC1=CC2=C(C)C[C@@H]3[C@H](CC[C@]4(C)C(=O)CC[C@@H]34)[C@H]2CC1. The van der Waals surface area contributed by atoms with Crippen LogP contribution < -0.4 is 0 Å². The minimum atomic E-state index is 0.00114. The average molecular weight is 300 g/mol. The Morgan fingerprint density at radius 2 is 2.00 bits per heavy atom. The van der Waals surface area contributed by atoms with Gasteiger partial charge in [-0.15, -0.1) is 0 Å². The first-order chi connectivity index (χ1) is 10.5. The van der Waals surface area contributed by atoms with E-state index in [9.17, 15) is 4.79 Å². The zero-order valence-electron chi connectivity index (χ0n) is 14.2. The molecule has 4 aliphatic carbocycles. The lowest BCUT2D eigenvalue weighted by Gasteiger charge is -2.52. The molecule has 0 amide bonds. The Hall–Kier alpha value is -1.05. The average Bonchev–Trinajstić information content (AvgIpc) is 2.83. The van der Waals surface area contributed by atoms with Crippen LogP contribution in [-0.2, 0) is 9.53 Å². The minimum Gasteiger partial charge on any atom is -0.501 e. The Morgan fingerprint density at radius 1 is 1.18 bits per heavy atom. The number of carbonyl (C=O) groups is 1. The predicted octanol–water partition coefficient (Wildman–Crippen LogP) is 4.66. The number of Topliss-reactive ketones (excluding diaryl/α,β-unsaturated/α-hetero) is 1. The van der Waals surface area contributed by atoms with Crippen LogP contribution in [0.1, 0.15) is 58.8 Å². The number of carbonyl (C=O) groups excluding carboxylic acids is 1. The molecule has 0 spiro atoms. The summed E-state index contributed by atoms with van der Waals surface area (Å²) in [4.78, 5) is 12.4. The summed E-state index contributed by atoms with van der Waals surface area (Å²) in [7, 11) is 1.80. The van der Waals surface area contributed by atoms with Crippen molar-refractivity contribution in [3.63, 3.8) is 0 Å². The van der Waals surface area contributed by atoms with Gasteiger partial charge in [0, 0.05) is 18.3 Å². The van der Waals surface area contributed by atoms with E-state index in [1.54, 1.807) is 18.3 Å². The summed E-state index contributed by atoms with van der Waals surface area (Å²) in [5, 5.41) is 0. The molecule has 0 aliphatic heterocycles. The zero-order chi connectivity index (χ0) is 15.5. The van der Waals surface area contributed by atoms with Crippen molar-refractivity contribution >= 4 is 5.78 Å². The Labute approximate surface area is 134 Å². The van der Waals surface area contributed by atoms with E-state index in [2.05, 4.69) is 19.9 Å². The maximum absolute atomic E-state index is 12.4. The third-order valence-corrected chi connectivity index (χ3v) is 7.43. The fourth-order valence-electron chi connectivity index (χ4n) is 6.20. The van der Waals surface area contributed by atoms with Crippen molar-refractivity contribution in [3.8, 4) is 0 Å². The lowest BCUT2D eigenvalue weighted by atomic mass is 9.52. The van der Waals surface area contributed by atoms with Crippen LogP contribution >= 0.6 is 0 Å². The molecule has 22 heavy (non-hydrogen) atoms. The molecule has 4 rings (SSSR count). The third kappa shape index (κ3) is 1.88. The Bertz CT molecular complexity index is 570. The van der Waals surface area contributed by atoms with E-state index >= 15 is 0 Å². The number of hydrogen-bond donors (Lipinski definition) is 0. The third-order valence-electron chi connectivity index (χ3n) is 7.43. The van der Waals surface area contributed by atoms with Gasteiger partial charge in [0.05, 0.1) is 12.9 Å². The summed E-state index contributed by atoms with van der Waals surface area (Å²) in [5.41, 5.74) is 3.13. The summed E-state index contributed by atoms with van der Waals surface area (Å²) in [5.74, 6) is 4.61. The van der Waals surface area contributed by atoms with Crippen molar-refractivity contribution in [2.24, 2.45) is 29.1 Å². The quantitative estimate of drug-likeness (QED) is 0.704. The largest absolute Gasteiger partial charge is 0.501 e. The highest BCUT2D eigenvalue weighted by atomic mass is 16.5. The summed E-state index contributed by atoms with van der Waals surface area (Å²) < 4.78 is 5.51. The van der Waals surface area contributed by atoms with Crippen molar-refractivity contribution in [1.29, 1.82) is 0 Å². The molecule has 5 atom stereocenters. The molecular weight excluding hydrogens is 272 g/mol. The molecule has 120 valence electrons. The van der Waals surface area contributed by atoms with Crippen molar-refractivity contribution in [2.75, 3.05) is 7.11 Å². The van der Waals surface area contributed by atoms with Gasteiger partial charge in [-0.05, 0) is 74.3 Å². The van der Waals surface area contributed by atoms with Crippen molar-refractivity contribution in [2.45, 2.75) is 58.8 Å². The molecule has 0 aromatic rings. The number of rotatable bonds is 1. The molecule has 0 unspecified atom stereocenters. The van der Waals surface area contributed by atoms with E-state index in [4.69, 9.17) is 4.74 Å². The second-order valence-corrected chi connectivity index (χ2v) is 8.25. The van der Waals surface area contributed by atoms with Gasteiger partial charge in [0.25, 0.3) is 0 Å².